The fraction of sp³-hybridized carbons (Fsp3) is 0.900. The van der Waals surface area contributed by atoms with Crippen LogP contribution in [0.1, 0.15) is 27.2 Å². The highest BCUT2D eigenvalue weighted by molar-refractivity contribution is 5.85. The summed E-state index contributed by atoms with van der Waals surface area (Å²) in [6, 6.07) is 0. The molecule has 0 spiro atoms. The Balaban J connectivity index is 2.37. The van der Waals surface area contributed by atoms with Crippen LogP contribution in [0, 0.1) is 5.41 Å². The number of hydrogen-bond acceptors (Lipinski definition) is 2. The van der Waals surface area contributed by atoms with Gasteiger partial charge in [0.05, 0.1) is 6.54 Å². The van der Waals surface area contributed by atoms with Crippen LogP contribution in [0.4, 0.5) is 4.39 Å². The SMILES string of the molecule is CC(C)(C)C(=O)CN1CC[C@H](F)C1. The van der Waals surface area contributed by atoms with Crippen molar-refractivity contribution in [2.24, 2.45) is 5.41 Å². The molecule has 0 N–H and O–H groups in total. The minimum absolute atomic E-state index is 0.196. The number of halogens is 1. The molecule has 0 radical (unpaired) electrons. The fourth-order valence-electron chi connectivity index (χ4n) is 1.37. The van der Waals surface area contributed by atoms with Gasteiger partial charge in [-0.05, 0) is 6.42 Å². The second kappa shape index (κ2) is 3.74. The molecule has 0 aliphatic carbocycles. The zero-order valence-corrected chi connectivity index (χ0v) is 8.64. The van der Waals surface area contributed by atoms with Crippen LogP contribution in [-0.4, -0.2) is 36.5 Å². The first-order valence-electron chi connectivity index (χ1n) is 4.79. The number of ketones is 1. The normalized spacial score (nSPS) is 25.1. The molecule has 0 bridgehead atoms. The van der Waals surface area contributed by atoms with Crippen molar-refractivity contribution in [1.29, 1.82) is 0 Å². The van der Waals surface area contributed by atoms with Gasteiger partial charge in [0, 0.05) is 18.5 Å². The topological polar surface area (TPSA) is 20.3 Å². The van der Waals surface area contributed by atoms with Gasteiger partial charge in [-0.3, -0.25) is 9.69 Å². The highest BCUT2D eigenvalue weighted by Crippen LogP contribution is 2.18. The highest BCUT2D eigenvalue weighted by atomic mass is 19.1. The van der Waals surface area contributed by atoms with E-state index in [0.717, 1.165) is 6.54 Å². The van der Waals surface area contributed by atoms with E-state index in [1.807, 2.05) is 25.7 Å². The molecule has 0 aromatic heterocycles. The van der Waals surface area contributed by atoms with Crippen LogP contribution in [0.25, 0.3) is 0 Å². The van der Waals surface area contributed by atoms with Crippen LogP contribution in [0.3, 0.4) is 0 Å². The molecule has 76 valence electrons. The van der Waals surface area contributed by atoms with Crippen molar-refractivity contribution in [1.82, 2.24) is 4.90 Å². The number of carbonyl (C=O) groups excluding carboxylic acids is 1. The first-order valence-corrected chi connectivity index (χ1v) is 4.79. The Labute approximate surface area is 79.1 Å². The minimum atomic E-state index is -0.729. The molecule has 1 saturated heterocycles. The highest BCUT2D eigenvalue weighted by Gasteiger charge is 2.27. The maximum atomic E-state index is 12.8. The molecule has 13 heavy (non-hydrogen) atoms. The molecule has 1 fully saturated rings. The maximum absolute atomic E-state index is 12.8. The number of Topliss-reactive ketones (excluding diaryl/α,β-unsaturated/α-hetero) is 1. The summed E-state index contributed by atoms with van der Waals surface area (Å²) in [6.45, 7) is 7.27. The summed E-state index contributed by atoms with van der Waals surface area (Å²) < 4.78 is 12.8. The predicted octanol–water partition coefficient (Wildman–Crippen LogP) is 1.65. The molecule has 1 aliphatic heterocycles. The third-order valence-corrected chi connectivity index (χ3v) is 2.42. The zero-order valence-electron chi connectivity index (χ0n) is 8.64. The molecule has 1 aliphatic rings. The predicted molar refractivity (Wildman–Crippen MR) is 50.4 cm³/mol. The monoisotopic (exact) mass is 187 g/mol. The largest absolute Gasteiger partial charge is 0.298 e. The van der Waals surface area contributed by atoms with Crippen LogP contribution >= 0.6 is 0 Å². The van der Waals surface area contributed by atoms with E-state index in [2.05, 4.69) is 0 Å². The van der Waals surface area contributed by atoms with E-state index in [4.69, 9.17) is 0 Å². The third-order valence-electron chi connectivity index (χ3n) is 2.42. The fourth-order valence-corrected chi connectivity index (χ4v) is 1.37. The number of rotatable bonds is 2. The Bertz CT molecular complexity index is 198. The summed E-state index contributed by atoms with van der Waals surface area (Å²) in [4.78, 5) is 13.5. The minimum Gasteiger partial charge on any atom is -0.298 e. The molecule has 1 heterocycles. The average molecular weight is 187 g/mol. The lowest BCUT2D eigenvalue weighted by Crippen LogP contribution is -2.34. The maximum Gasteiger partial charge on any atom is 0.152 e. The van der Waals surface area contributed by atoms with Gasteiger partial charge in [-0.2, -0.15) is 0 Å². The van der Waals surface area contributed by atoms with Crippen LogP contribution < -0.4 is 0 Å². The summed E-state index contributed by atoms with van der Waals surface area (Å²) in [5, 5.41) is 0. The second-order valence-electron chi connectivity index (χ2n) is 4.79. The van der Waals surface area contributed by atoms with Gasteiger partial charge in [-0.15, -0.1) is 0 Å². The molecule has 0 amide bonds. The molecule has 3 heteroatoms. The Morgan fingerprint density at radius 3 is 2.54 bits per heavy atom. The summed E-state index contributed by atoms with van der Waals surface area (Å²) in [7, 11) is 0. The standard InChI is InChI=1S/C10H18FNO/c1-10(2,3)9(13)7-12-5-4-8(11)6-12/h8H,4-7H2,1-3H3/t8-/m0/s1. The van der Waals surface area contributed by atoms with Gasteiger partial charge < -0.3 is 0 Å². The van der Waals surface area contributed by atoms with Gasteiger partial charge in [-0.25, -0.2) is 4.39 Å². The summed E-state index contributed by atoms with van der Waals surface area (Å²) in [5.74, 6) is 0.196. The van der Waals surface area contributed by atoms with Crippen LogP contribution in [0.15, 0.2) is 0 Å². The van der Waals surface area contributed by atoms with Crippen molar-refractivity contribution in [3.8, 4) is 0 Å². The molecule has 0 aromatic rings. The van der Waals surface area contributed by atoms with Crippen LogP contribution in [-0.2, 0) is 4.79 Å². The van der Waals surface area contributed by atoms with Crippen molar-refractivity contribution in [3.63, 3.8) is 0 Å². The van der Waals surface area contributed by atoms with Gasteiger partial charge >= 0.3 is 0 Å². The van der Waals surface area contributed by atoms with Crippen molar-refractivity contribution < 1.29 is 9.18 Å². The first-order chi connectivity index (χ1) is 5.89. The van der Waals surface area contributed by atoms with Gasteiger partial charge in [-0.1, -0.05) is 20.8 Å². The molecular formula is C10H18FNO. The lowest BCUT2D eigenvalue weighted by molar-refractivity contribution is -0.127. The molecule has 1 atom stereocenters. The lowest BCUT2D eigenvalue weighted by Gasteiger charge is -2.21. The van der Waals surface area contributed by atoms with E-state index in [-0.39, 0.29) is 11.2 Å². The number of nitrogens with zero attached hydrogens (tertiary/aromatic N) is 1. The number of likely N-dealkylation sites (tertiary alicyclic amines) is 1. The lowest BCUT2D eigenvalue weighted by atomic mass is 9.90. The van der Waals surface area contributed by atoms with Crippen LogP contribution in [0.5, 0.6) is 0 Å². The Kier molecular flexibility index (Phi) is 3.06. The summed E-state index contributed by atoms with van der Waals surface area (Å²) in [5.41, 5.74) is -0.297. The van der Waals surface area contributed by atoms with E-state index in [9.17, 15) is 9.18 Å². The Morgan fingerprint density at radius 2 is 2.15 bits per heavy atom. The Morgan fingerprint density at radius 1 is 1.54 bits per heavy atom. The van der Waals surface area contributed by atoms with Gasteiger partial charge in [0.25, 0.3) is 0 Å². The summed E-state index contributed by atoms with van der Waals surface area (Å²) in [6.07, 6.45) is -0.148. The van der Waals surface area contributed by atoms with Crippen molar-refractivity contribution >= 4 is 5.78 Å². The number of hydrogen-bond donors (Lipinski definition) is 0. The van der Waals surface area contributed by atoms with Crippen molar-refractivity contribution in [3.05, 3.63) is 0 Å². The van der Waals surface area contributed by atoms with Crippen molar-refractivity contribution in [2.45, 2.75) is 33.4 Å². The van der Waals surface area contributed by atoms with Crippen molar-refractivity contribution in [2.75, 3.05) is 19.6 Å². The second-order valence-corrected chi connectivity index (χ2v) is 4.79. The van der Waals surface area contributed by atoms with E-state index < -0.39 is 6.17 Å². The van der Waals surface area contributed by atoms with E-state index in [1.54, 1.807) is 0 Å². The molecule has 0 unspecified atom stereocenters. The quantitative estimate of drug-likeness (QED) is 0.655. The van der Waals surface area contributed by atoms with Gasteiger partial charge in [0.1, 0.15) is 6.17 Å². The molecular weight excluding hydrogens is 169 g/mol. The van der Waals surface area contributed by atoms with E-state index >= 15 is 0 Å². The van der Waals surface area contributed by atoms with E-state index in [1.165, 1.54) is 0 Å². The van der Waals surface area contributed by atoms with E-state index in [0.29, 0.717) is 19.5 Å². The van der Waals surface area contributed by atoms with Gasteiger partial charge in [0.2, 0.25) is 0 Å². The smallest absolute Gasteiger partial charge is 0.152 e. The average Bonchev–Trinajstić information content (AvgIpc) is 2.33. The molecule has 2 nitrogen and oxygen atoms in total. The van der Waals surface area contributed by atoms with Crippen LogP contribution in [0.2, 0.25) is 0 Å². The first kappa shape index (κ1) is 10.6. The van der Waals surface area contributed by atoms with Gasteiger partial charge in [0.15, 0.2) is 5.78 Å². The molecule has 1 rings (SSSR count). The molecule has 0 aromatic carbocycles. The zero-order chi connectivity index (χ0) is 10.1. The summed E-state index contributed by atoms with van der Waals surface area (Å²) >= 11 is 0. The third kappa shape index (κ3) is 3.07. The number of alkyl halides is 1. The molecule has 0 saturated carbocycles. The number of carbonyl (C=O) groups is 1. The Hall–Kier alpha value is -0.440.